The first kappa shape index (κ1) is 16.6. The minimum atomic E-state index is -0.671. The first-order valence-corrected chi connectivity index (χ1v) is 7.79. The molecule has 0 aromatic heterocycles. The highest BCUT2D eigenvalue weighted by Gasteiger charge is 2.21. The Balaban J connectivity index is 2.49. The summed E-state index contributed by atoms with van der Waals surface area (Å²) < 4.78 is 5.58. The Kier molecular flexibility index (Phi) is 4.92. The first-order valence-electron chi connectivity index (χ1n) is 7.79. The van der Waals surface area contributed by atoms with Gasteiger partial charge >= 0.3 is 0 Å². The van der Waals surface area contributed by atoms with E-state index in [0.717, 1.165) is 28.0 Å². The van der Waals surface area contributed by atoms with Crippen LogP contribution in [0, 0.1) is 20.8 Å². The van der Waals surface area contributed by atoms with Crippen molar-refractivity contribution in [2.45, 2.75) is 46.6 Å². The number of ether oxygens (including phenoxy) is 1. The molecule has 2 heteroatoms. The smallest absolute Gasteiger partial charge is 0.128 e. The Hall–Kier alpha value is -1.80. The summed E-state index contributed by atoms with van der Waals surface area (Å²) in [5.74, 6) is 1.28. The maximum atomic E-state index is 10.8. The van der Waals surface area contributed by atoms with Crippen LogP contribution >= 0.6 is 0 Å². The molecule has 0 aliphatic carbocycles. The van der Waals surface area contributed by atoms with Crippen LogP contribution in [0.5, 0.6) is 5.75 Å². The number of benzene rings is 2. The van der Waals surface area contributed by atoms with Gasteiger partial charge in [-0.15, -0.1) is 0 Å². The van der Waals surface area contributed by atoms with Crippen LogP contribution < -0.4 is 4.74 Å². The molecule has 0 heterocycles. The largest absolute Gasteiger partial charge is 0.496 e. The molecule has 2 nitrogen and oxygen atoms in total. The van der Waals surface area contributed by atoms with E-state index in [4.69, 9.17) is 4.74 Å². The molecule has 22 heavy (non-hydrogen) atoms. The number of aliphatic hydroxyl groups is 1. The Morgan fingerprint density at radius 2 is 1.45 bits per heavy atom. The number of aryl methyl sites for hydroxylation is 2. The molecule has 2 rings (SSSR count). The van der Waals surface area contributed by atoms with Gasteiger partial charge in [-0.2, -0.15) is 0 Å². The molecule has 0 radical (unpaired) electrons. The van der Waals surface area contributed by atoms with E-state index in [1.807, 2.05) is 26.0 Å². The van der Waals surface area contributed by atoms with Crippen LogP contribution in [0.1, 0.15) is 59.3 Å². The van der Waals surface area contributed by atoms with Gasteiger partial charge in [-0.25, -0.2) is 0 Å². The van der Waals surface area contributed by atoms with Crippen molar-refractivity contribution in [3.05, 3.63) is 63.7 Å². The summed E-state index contributed by atoms with van der Waals surface area (Å²) in [5, 5.41) is 10.8. The lowest BCUT2D eigenvalue weighted by atomic mass is 9.91. The van der Waals surface area contributed by atoms with E-state index in [2.05, 4.69) is 39.0 Å². The molecule has 2 aromatic rings. The summed E-state index contributed by atoms with van der Waals surface area (Å²) in [6, 6.07) is 10.3. The Morgan fingerprint density at radius 3 is 1.95 bits per heavy atom. The van der Waals surface area contributed by atoms with Crippen LogP contribution in [0.4, 0.5) is 0 Å². The molecule has 0 saturated carbocycles. The summed E-state index contributed by atoms with van der Waals surface area (Å²) in [4.78, 5) is 0. The zero-order chi connectivity index (χ0) is 16.4. The lowest BCUT2D eigenvalue weighted by Crippen LogP contribution is -2.07. The number of aliphatic hydroxyl groups excluding tert-OH is 1. The van der Waals surface area contributed by atoms with Gasteiger partial charge in [0.25, 0.3) is 0 Å². The summed E-state index contributed by atoms with van der Waals surface area (Å²) in [6.45, 7) is 10.5. The molecular weight excluding hydrogens is 272 g/mol. The molecule has 0 aliphatic heterocycles. The molecule has 0 fully saturated rings. The second-order valence-electron chi connectivity index (χ2n) is 6.31. The Bertz CT molecular complexity index is 654. The maximum absolute atomic E-state index is 10.8. The summed E-state index contributed by atoms with van der Waals surface area (Å²) in [5.41, 5.74) is 6.36. The van der Waals surface area contributed by atoms with Gasteiger partial charge in [-0.1, -0.05) is 44.2 Å². The molecule has 2 aromatic carbocycles. The van der Waals surface area contributed by atoms with Gasteiger partial charge in [-0.05, 0) is 54.5 Å². The molecule has 118 valence electrons. The normalized spacial score (nSPS) is 12.5. The molecule has 1 atom stereocenters. The minimum absolute atomic E-state index is 0.490. The zero-order valence-electron chi connectivity index (χ0n) is 14.4. The Labute approximate surface area is 133 Å². The van der Waals surface area contributed by atoms with Crippen LogP contribution in [0.15, 0.2) is 30.3 Å². The third-order valence-corrected chi connectivity index (χ3v) is 4.43. The molecule has 0 saturated heterocycles. The minimum Gasteiger partial charge on any atom is -0.496 e. The van der Waals surface area contributed by atoms with E-state index >= 15 is 0 Å². The van der Waals surface area contributed by atoms with Gasteiger partial charge in [0.15, 0.2) is 0 Å². The van der Waals surface area contributed by atoms with E-state index in [0.29, 0.717) is 5.92 Å². The van der Waals surface area contributed by atoms with Crippen LogP contribution in [0.3, 0.4) is 0 Å². The molecule has 0 aliphatic rings. The zero-order valence-corrected chi connectivity index (χ0v) is 14.4. The van der Waals surface area contributed by atoms with Crippen LogP contribution in [0.25, 0.3) is 0 Å². The van der Waals surface area contributed by atoms with Crippen LogP contribution in [-0.4, -0.2) is 12.2 Å². The third-order valence-electron chi connectivity index (χ3n) is 4.43. The van der Waals surface area contributed by atoms with Crippen LogP contribution in [0.2, 0.25) is 0 Å². The van der Waals surface area contributed by atoms with Crippen molar-refractivity contribution in [3.63, 3.8) is 0 Å². The molecule has 1 N–H and O–H groups in total. The fraction of sp³-hybridized carbons (Fsp3) is 0.400. The van der Waals surface area contributed by atoms with E-state index in [9.17, 15) is 5.11 Å². The summed E-state index contributed by atoms with van der Waals surface area (Å²) in [7, 11) is 1.67. The SMILES string of the molecule is COc1c(C)c(C)cc(C)c1C(O)c1ccc(C(C)C)cc1. The van der Waals surface area contributed by atoms with Crippen LogP contribution in [-0.2, 0) is 0 Å². The van der Waals surface area contributed by atoms with Gasteiger partial charge in [0.2, 0.25) is 0 Å². The molecule has 0 bridgehead atoms. The summed E-state index contributed by atoms with van der Waals surface area (Å²) >= 11 is 0. The van der Waals surface area contributed by atoms with Gasteiger partial charge in [0, 0.05) is 5.56 Å². The predicted octanol–water partition coefficient (Wildman–Crippen LogP) is 4.83. The standard InChI is InChI=1S/C20H26O2/c1-12(2)16-7-9-17(10-8-16)19(21)18-14(4)11-13(3)15(5)20(18)22-6/h7-12,19,21H,1-6H3. The highest BCUT2D eigenvalue weighted by atomic mass is 16.5. The fourth-order valence-corrected chi connectivity index (χ4v) is 2.90. The van der Waals surface area contributed by atoms with Crippen molar-refractivity contribution < 1.29 is 9.84 Å². The lowest BCUT2D eigenvalue weighted by molar-refractivity contribution is 0.213. The highest BCUT2D eigenvalue weighted by molar-refractivity contribution is 5.53. The van der Waals surface area contributed by atoms with Crippen molar-refractivity contribution in [1.82, 2.24) is 0 Å². The second kappa shape index (κ2) is 6.53. The molecule has 1 unspecified atom stereocenters. The van der Waals surface area contributed by atoms with Crippen molar-refractivity contribution in [1.29, 1.82) is 0 Å². The average Bonchev–Trinajstić information content (AvgIpc) is 2.50. The second-order valence-corrected chi connectivity index (χ2v) is 6.31. The fourth-order valence-electron chi connectivity index (χ4n) is 2.90. The van der Waals surface area contributed by atoms with E-state index in [-0.39, 0.29) is 0 Å². The third kappa shape index (κ3) is 3.02. The van der Waals surface area contributed by atoms with Gasteiger partial charge in [0.05, 0.1) is 7.11 Å². The molecular formula is C20H26O2. The molecule has 0 spiro atoms. The van der Waals surface area contributed by atoms with Gasteiger partial charge in [0.1, 0.15) is 11.9 Å². The van der Waals surface area contributed by atoms with Gasteiger partial charge in [-0.3, -0.25) is 0 Å². The van der Waals surface area contributed by atoms with Gasteiger partial charge < -0.3 is 9.84 Å². The Morgan fingerprint density at radius 1 is 0.909 bits per heavy atom. The van der Waals surface area contributed by atoms with Crippen molar-refractivity contribution in [2.24, 2.45) is 0 Å². The predicted molar refractivity (Wildman–Crippen MR) is 91.8 cm³/mol. The maximum Gasteiger partial charge on any atom is 0.128 e. The number of hydrogen-bond donors (Lipinski definition) is 1. The number of methoxy groups -OCH3 is 1. The van der Waals surface area contributed by atoms with E-state index in [1.165, 1.54) is 11.1 Å². The summed E-state index contributed by atoms with van der Waals surface area (Å²) in [6.07, 6.45) is -0.671. The average molecular weight is 298 g/mol. The molecule has 0 amide bonds. The lowest BCUT2D eigenvalue weighted by Gasteiger charge is -2.21. The monoisotopic (exact) mass is 298 g/mol. The van der Waals surface area contributed by atoms with E-state index in [1.54, 1.807) is 7.11 Å². The quantitative estimate of drug-likeness (QED) is 0.876. The van der Waals surface area contributed by atoms with Crippen molar-refractivity contribution in [2.75, 3.05) is 7.11 Å². The number of hydrogen-bond acceptors (Lipinski definition) is 2. The topological polar surface area (TPSA) is 29.5 Å². The first-order chi connectivity index (χ1) is 10.4. The van der Waals surface area contributed by atoms with Crippen molar-refractivity contribution in [3.8, 4) is 5.75 Å². The van der Waals surface area contributed by atoms with E-state index < -0.39 is 6.10 Å². The highest BCUT2D eigenvalue weighted by Crippen LogP contribution is 2.37. The number of rotatable bonds is 4. The van der Waals surface area contributed by atoms with Crippen molar-refractivity contribution >= 4 is 0 Å².